The van der Waals surface area contributed by atoms with E-state index >= 15 is 0 Å². The Labute approximate surface area is 96.7 Å². The van der Waals surface area contributed by atoms with Crippen molar-refractivity contribution in [3.05, 3.63) is 0 Å². The van der Waals surface area contributed by atoms with Crippen molar-refractivity contribution in [2.24, 2.45) is 0 Å². The number of halogens is 2. The van der Waals surface area contributed by atoms with E-state index in [9.17, 15) is 4.79 Å². The van der Waals surface area contributed by atoms with Gasteiger partial charge in [-0.2, -0.15) is 0 Å². The molecule has 0 unspecified atom stereocenters. The van der Waals surface area contributed by atoms with Gasteiger partial charge in [-0.25, -0.2) is 0 Å². The summed E-state index contributed by atoms with van der Waals surface area (Å²) < 4.78 is 5.03. The highest BCUT2D eigenvalue weighted by Gasteiger charge is 2.06. The van der Waals surface area contributed by atoms with Crippen molar-refractivity contribution in [3.63, 3.8) is 0 Å². The molecule has 0 aliphatic carbocycles. The van der Waals surface area contributed by atoms with Crippen molar-refractivity contribution >= 4 is 37.8 Å². The van der Waals surface area contributed by atoms with E-state index in [-0.39, 0.29) is 10.8 Å². The molecule has 0 saturated carbocycles. The maximum atomic E-state index is 11.1. The van der Waals surface area contributed by atoms with Crippen molar-refractivity contribution in [1.82, 2.24) is 0 Å². The fourth-order valence-electron chi connectivity index (χ4n) is 0.819. The van der Waals surface area contributed by atoms with Gasteiger partial charge in [0.25, 0.3) is 0 Å². The van der Waals surface area contributed by atoms with Gasteiger partial charge in [0.15, 0.2) is 0 Å². The van der Waals surface area contributed by atoms with Gasteiger partial charge in [0.1, 0.15) is 6.61 Å². The van der Waals surface area contributed by atoms with Crippen molar-refractivity contribution in [1.29, 1.82) is 0 Å². The molecule has 0 aliphatic rings. The lowest BCUT2D eigenvalue weighted by Crippen LogP contribution is -2.14. The molecule has 1 atom stereocenters. The third kappa shape index (κ3) is 8.75. The Hall–Kier alpha value is 0.430. The Balaban J connectivity index is 3.30. The summed E-state index contributed by atoms with van der Waals surface area (Å²) in [6.07, 6.45) is 3.73. The molecule has 13 heavy (non-hydrogen) atoms. The van der Waals surface area contributed by atoms with Gasteiger partial charge in [-0.05, 0) is 6.42 Å². The maximum absolute atomic E-state index is 11.1. The van der Waals surface area contributed by atoms with E-state index in [4.69, 9.17) is 4.74 Å². The van der Waals surface area contributed by atoms with E-state index in [1.807, 2.05) is 0 Å². The molecule has 78 valence electrons. The summed E-state index contributed by atoms with van der Waals surface area (Å²) in [5.74, 6) is -0.0844. The van der Waals surface area contributed by atoms with Gasteiger partial charge in [0, 0.05) is 11.8 Å². The summed E-state index contributed by atoms with van der Waals surface area (Å²) in [5.41, 5.74) is 0. The van der Waals surface area contributed by atoms with Crippen LogP contribution in [0.25, 0.3) is 0 Å². The molecular formula is C9H16Br2O2. The Morgan fingerprint density at radius 2 is 2.15 bits per heavy atom. The molecule has 2 nitrogen and oxygen atoms in total. The molecule has 0 aromatic rings. The average molecular weight is 316 g/mol. The van der Waals surface area contributed by atoms with Crippen molar-refractivity contribution < 1.29 is 9.53 Å². The summed E-state index contributed by atoms with van der Waals surface area (Å²) in [5, 5.41) is 0.801. The zero-order chi connectivity index (χ0) is 10.1. The Morgan fingerprint density at radius 3 is 2.69 bits per heavy atom. The largest absolute Gasteiger partial charge is 0.464 e. The van der Waals surface area contributed by atoms with Gasteiger partial charge in [-0.1, -0.05) is 51.6 Å². The third-order valence-corrected chi connectivity index (χ3v) is 3.82. The molecule has 0 aliphatic heterocycles. The number of hydrogen-bond acceptors (Lipinski definition) is 2. The van der Waals surface area contributed by atoms with E-state index in [2.05, 4.69) is 38.8 Å². The molecule has 0 heterocycles. The van der Waals surface area contributed by atoms with E-state index in [0.717, 1.165) is 24.6 Å². The first-order valence-electron chi connectivity index (χ1n) is 4.56. The fourth-order valence-corrected chi connectivity index (χ4v) is 1.14. The number of carbonyl (C=O) groups excluding carboxylic acids is 1. The number of esters is 1. The molecule has 0 spiro atoms. The number of carbonyl (C=O) groups is 1. The van der Waals surface area contributed by atoms with Crippen LogP contribution in [0.4, 0.5) is 0 Å². The minimum Gasteiger partial charge on any atom is -0.464 e. The zero-order valence-corrected chi connectivity index (χ0v) is 11.1. The highest BCUT2D eigenvalue weighted by Crippen LogP contribution is 2.06. The van der Waals surface area contributed by atoms with Crippen LogP contribution >= 0.6 is 31.9 Å². The highest BCUT2D eigenvalue weighted by atomic mass is 79.9. The molecule has 0 amide bonds. The fraction of sp³-hybridized carbons (Fsp3) is 0.889. The minimum absolute atomic E-state index is 0.0844. The van der Waals surface area contributed by atoms with Crippen LogP contribution < -0.4 is 0 Å². The first kappa shape index (κ1) is 13.4. The predicted molar refractivity (Wildman–Crippen MR) is 61.6 cm³/mol. The summed E-state index contributed by atoms with van der Waals surface area (Å²) >= 11 is 6.65. The standard InChI is InChI=1S/C9H16Br2O2/c1-2-3-4-5-9(12)13-7-8(11)6-10/h8H,2-7H2,1H3/t8-/m0/s1. The van der Waals surface area contributed by atoms with Gasteiger partial charge >= 0.3 is 5.97 Å². The molecule has 0 aromatic carbocycles. The summed E-state index contributed by atoms with van der Waals surface area (Å²) in [6, 6.07) is 0. The number of unbranched alkanes of at least 4 members (excludes halogenated alkanes) is 2. The second-order valence-corrected chi connectivity index (χ2v) is 4.83. The SMILES string of the molecule is CCCCCC(=O)OC[C@@H](Br)CBr. The van der Waals surface area contributed by atoms with Gasteiger partial charge < -0.3 is 4.74 Å². The lowest BCUT2D eigenvalue weighted by atomic mass is 10.2. The lowest BCUT2D eigenvalue weighted by Gasteiger charge is -2.07. The maximum Gasteiger partial charge on any atom is 0.305 e. The Kier molecular flexibility index (Phi) is 9.30. The van der Waals surface area contributed by atoms with E-state index in [0.29, 0.717) is 13.0 Å². The number of hydrogen-bond donors (Lipinski definition) is 0. The van der Waals surface area contributed by atoms with Crippen LogP contribution in [0, 0.1) is 0 Å². The van der Waals surface area contributed by atoms with E-state index in [1.54, 1.807) is 0 Å². The minimum atomic E-state index is -0.0844. The first-order valence-corrected chi connectivity index (χ1v) is 6.60. The van der Waals surface area contributed by atoms with Gasteiger partial charge in [0.05, 0.1) is 4.83 Å². The molecule has 0 N–H and O–H groups in total. The second kappa shape index (κ2) is 9.00. The van der Waals surface area contributed by atoms with Gasteiger partial charge in [-0.3, -0.25) is 4.79 Å². The van der Waals surface area contributed by atoms with E-state index < -0.39 is 0 Å². The van der Waals surface area contributed by atoms with Crippen LogP contribution in [0.2, 0.25) is 0 Å². The second-order valence-electron chi connectivity index (χ2n) is 2.89. The quantitative estimate of drug-likeness (QED) is 0.409. The molecule has 0 rings (SSSR count). The lowest BCUT2D eigenvalue weighted by molar-refractivity contribution is -0.143. The smallest absolute Gasteiger partial charge is 0.305 e. The third-order valence-electron chi connectivity index (χ3n) is 1.58. The monoisotopic (exact) mass is 314 g/mol. The first-order chi connectivity index (χ1) is 6.20. The number of alkyl halides is 2. The van der Waals surface area contributed by atoms with E-state index in [1.165, 1.54) is 0 Å². The Bertz CT molecular complexity index is 140. The summed E-state index contributed by atoms with van der Waals surface area (Å²) in [4.78, 5) is 11.3. The molecule has 0 aromatic heterocycles. The van der Waals surface area contributed by atoms with Crippen LogP contribution in [-0.4, -0.2) is 22.7 Å². The molecular weight excluding hydrogens is 300 g/mol. The Morgan fingerprint density at radius 1 is 1.46 bits per heavy atom. The van der Waals surface area contributed by atoms with Crippen LogP contribution in [0.3, 0.4) is 0 Å². The van der Waals surface area contributed by atoms with Crippen LogP contribution in [0.1, 0.15) is 32.6 Å². The van der Waals surface area contributed by atoms with Crippen molar-refractivity contribution in [2.45, 2.75) is 37.4 Å². The highest BCUT2D eigenvalue weighted by molar-refractivity contribution is 9.12. The summed E-state index contributed by atoms with van der Waals surface area (Å²) in [6.45, 7) is 2.57. The number of rotatable bonds is 7. The van der Waals surface area contributed by atoms with Crippen molar-refractivity contribution in [2.75, 3.05) is 11.9 Å². The summed E-state index contributed by atoms with van der Waals surface area (Å²) in [7, 11) is 0. The van der Waals surface area contributed by atoms with Gasteiger partial charge in [-0.15, -0.1) is 0 Å². The molecule has 0 bridgehead atoms. The number of ether oxygens (including phenoxy) is 1. The predicted octanol–water partition coefficient (Wildman–Crippen LogP) is 3.27. The zero-order valence-electron chi connectivity index (χ0n) is 7.89. The molecule has 0 saturated heterocycles. The molecule has 0 fully saturated rings. The molecule has 4 heteroatoms. The topological polar surface area (TPSA) is 26.3 Å². The average Bonchev–Trinajstić information content (AvgIpc) is 2.14. The molecule has 0 radical (unpaired) electrons. The van der Waals surface area contributed by atoms with Crippen LogP contribution in [-0.2, 0) is 9.53 Å². The van der Waals surface area contributed by atoms with Gasteiger partial charge in [0.2, 0.25) is 0 Å². The van der Waals surface area contributed by atoms with Crippen molar-refractivity contribution in [3.8, 4) is 0 Å². The van der Waals surface area contributed by atoms with Crippen LogP contribution in [0.15, 0.2) is 0 Å². The van der Waals surface area contributed by atoms with Crippen LogP contribution in [0.5, 0.6) is 0 Å². The normalized spacial score (nSPS) is 12.5.